The molecule has 6 aromatic rings. The maximum atomic E-state index is 2.60. The predicted octanol–water partition coefficient (Wildman–Crippen LogP) is 6.17. The zero-order valence-electron chi connectivity index (χ0n) is 18.9. The third-order valence-electron chi connectivity index (χ3n) is 8.42. The number of para-hydroxylation sites is 4. The third kappa shape index (κ3) is 1.82. The maximum absolute atomic E-state index is 2.60. The molecule has 0 N–H and O–H groups in total. The van der Waals surface area contributed by atoms with Gasteiger partial charge in [-0.05, 0) is 40.9 Å². The molecule has 0 saturated carbocycles. The van der Waals surface area contributed by atoms with Crippen molar-refractivity contribution in [2.75, 3.05) is 0 Å². The van der Waals surface area contributed by atoms with E-state index in [9.17, 15) is 0 Å². The molecule has 0 saturated heterocycles. The summed E-state index contributed by atoms with van der Waals surface area (Å²) < 4.78 is 5.17. The highest BCUT2D eigenvalue weighted by atomic mass is 15.0. The first kappa shape index (κ1) is 17.5. The number of allylic oxidation sites excluding steroid dienone is 4. The Kier molecular flexibility index (Phi) is 2.95. The molecule has 0 bridgehead atoms. The largest absolute Gasteiger partial charge is 0.314 e. The second-order valence-corrected chi connectivity index (χ2v) is 10.2. The summed E-state index contributed by atoms with van der Waals surface area (Å²) in [5, 5.41) is 5.45. The average Bonchev–Trinajstić information content (AvgIpc) is 3.39. The minimum absolute atomic E-state index is 0.273. The Balaban J connectivity index is 1.56. The number of hydrogen-bond donors (Lipinski definition) is 0. The van der Waals surface area contributed by atoms with Gasteiger partial charge >= 0.3 is 0 Å². The van der Waals surface area contributed by atoms with Crippen molar-refractivity contribution < 1.29 is 0 Å². The summed E-state index contributed by atoms with van der Waals surface area (Å²) in [6.07, 6.45) is 3.60. The minimum atomic E-state index is 0.273. The molecule has 34 heavy (non-hydrogen) atoms. The van der Waals surface area contributed by atoms with Crippen LogP contribution in [0.5, 0.6) is 0 Å². The third-order valence-corrected chi connectivity index (χ3v) is 8.42. The van der Waals surface area contributed by atoms with Crippen molar-refractivity contribution in [3.05, 3.63) is 96.5 Å². The molecule has 3 aliphatic rings. The van der Waals surface area contributed by atoms with Crippen LogP contribution in [0.15, 0.2) is 96.5 Å². The van der Waals surface area contributed by atoms with E-state index in [2.05, 4.69) is 107 Å². The molecule has 158 valence electrons. The normalized spacial score (nSPS) is 18.3. The molecule has 1 unspecified atom stereocenters. The highest BCUT2D eigenvalue weighted by Crippen LogP contribution is 2.47. The Morgan fingerprint density at radius 3 is 1.88 bits per heavy atom. The van der Waals surface area contributed by atoms with Crippen molar-refractivity contribution in [2.45, 2.75) is 13.3 Å². The number of aromatic nitrogens is 2. The lowest BCUT2D eigenvalue weighted by Gasteiger charge is -2.39. The van der Waals surface area contributed by atoms with Crippen LogP contribution in [-0.2, 0) is 0 Å². The van der Waals surface area contributed by atoms with Gasteiger partial charge in [0.2, 0.25) is 0 Å². The van der Waals surface area contributed by atoms with E-state index < -0.39 is 0 Å². The van der Waals surface area contributed by atoms with Crippen LogP contribution >= 0.6 is 0 Å². The van der Waals surface area contributed by atoms with Crippen molar-refractivity contribution in [3.63, 3.8) is 0 Å². The lowest BCUT2D eigenvalue weighted by Crippen LogP contribution is -2.52. The Hall–Kier alpha value is -3.98. The van der Waals surface area contributed by atoms with Crippen molar-refractivity contribution in [1.29, 1.82) is 0 Å². The van der Waals surface area contributed by atoms with E-state index in [1.807, 2.05) is 0 Å². The zero-order valence-corrected chi connectivity index (χ0v) is 18.9. The number of rotatable bonds is 0. The summed E-state index contributed by atoms with van der Waals surface area (Å²) in [5.74, 6) is 0.484. The zero-order chi connectivity index (χ0) is 22.1. The van der Waals surface area contributed by atoms with E-state index in [-0.39, 0.29) is 6.71 Å². The molecule has 0 fully saturated rings. The molecule has 0 radical (unpaired) electrons. The van der Waals surface area contributed by atoms with E-state index in [1.54, 1.807) is 0 Å². The SMILES string of the molecule is CC1C=C2C3=C(C1)n1c4ccccc4c4cccc(c41)B3c1cccc3c4ccccc4n2c13. The monoisotopic (exact) mass is 432 g/mol. The molecule has 0 amide bonds. The average molecular weight is 432 g/mol. The van der Waals surface area contributed by atoms with Crippen LogP contribution in [0.1, 0.15) is 13.3 Å². The maximum Gasteiger partial charge on any atom is 0.251 e. The van der Waals surface area contributed by atoms with E-state index >= 15 is 0 Å². The fraction of sp³-hybridized carbons (Fsp3) is 0.0968. The topological polar surface area (TPSA) is 9.86 Å². The Morgan fingerprint density at radius 1 is 0.647 bits per heavy atom. The van der Waals surface area contributed by atoms with Crippen LogP contribution in [0.25, 0.3) is 55.0 Å². The van der Waals surface area contributed by atoms with Crippen LogP contribution in [0, 0.1) is 5.92 Å². The predicted molar refractivity (Wildman–Crippen MR) is 145 cm³/mol. The van der Waals surface area contributed by atoms with Crippen molar-refractivity contribution >= 4 is 72.6 Å². The summed E-state index contributed by atoms with van der Waals surface area (Å²) >= 11 is 0. The molecule has 4 aromatic carbocycles. The molecule has 2 nitrogen and oxygen atoms in total. The second kappa shape index (κ2) is 5.74. The first-order chi connectivity index (χ1) is 16.8. The molecule has 0 spiro atoms. The van der Waals surface area contributed by atoms with Gasteiger partial charge in [-0.1, -0.05) is 85.8 Å². The van der Waals surface area contributed by atoms with Crippen LogP contribution in [0.2, 0.25) is 0 Å². The summed E-state index contributed by atoms with van der Waals surface area (Å²) in [5.41, 5.74) is 12.7. The van der Waals surface area contributed by atoms with Gasteiger partial charge in [0.25, 0.3) is 6.71 Å². The van der Waals surface area contributed by atoms with Gasteiger partial charge < -0.3 is 9.13 Å². The molecule has 1 aliphatic carbocycles. The van der Waals surface area contributed by atoms with Crippen molar-refractivity contribution in [2.24, 2.45) is 5.92 Å². The summed E-state index contributed by atoms with van der Waals surface area (Å²) in [7, 11) is 0. The van der Waals surface area contributed by atoms with E-state index in [4.69, 9.17) is 0 Å². The van der Waals surface area contributed by atoms with Gasteiger partial charge in [0, 0.05) is 44.0 Å². The molecule has 9 rings (SSSR count). The summed E-state index contributed by atoms with van der Waals surface area (Å²) in [4.78, 5) is 0. The van der Waals surface area contributed by atoms with Gasteiger partial charge in [-0.2, -0.15) is 0 Å². The summed E-state index contributed by atoms with van der Waals surface area (Å²) in [6, 6.07) is 31.8. The molecule has 2 aromatic heterocycles. The van der Waals surface area contributed by atoms with Gasteiger partial charge in [-0.25, -0.2) is 0 Å². The highest BCUT2D eigenvalue weighted by Gasteiger charge is 2.43. The molecular formula is C31H21BN2. The fourth-order valence-electron chi connectivity index (χ4n) is 7.27. The quantitative estimate of drug-likeness (QED) is 0.254. The number of hydrogen-bond acceptors (Lipinski definition) is 0. The lowest BCUT2D eigenvalue weighted by molar-refractivity contribution is 0.725. The Bertz CT molecular complexity index is 1960. The van der Waals surface area contributed by atoms with Gasteiger partial charge in [0.1, 0.15) is 0 Å². The van der Waals surface area contributed by atoms with Crippen LogP contribution in [0.3, 0.4) is 0 Å². The van der Waals surface area contributed by atoms with Crippen LogP contribution < -0.4 is 10.9 Å². The number of benzene rings is 4. The van der Waals surface area contributed by atoms with Gasteiger partial charge in [0.05, 0.1) is 11.0 Å². The minimum Gasteiger partial charge on any atom is -0.314 e. The summed E-state index contributed by atoms with van der Waals surface area (Å²) in [6.45, 7) is 2.65. The van der Waals surface area contributed by atoms with Gasteiger partial charge in [-0.3, -0.25) is 0 Å². The molecule has 1 atom stereocenters. The van der Waals surface area contributed by atoms with Crippen molar-refractivity contribution in [3.8, 4) is 0 Å². The van der Waals surface area contributed by atoms with Crippen LogP contribution in [0.4, 0.5) is 0 Å². The van der Waals surface area contributed by atoms with E-state index in [0.717, 1.165) is 6.42 Å². The Labute approximate surface area is 197 Å². The fourth-order valence-corrected chi connectivity index (χ4v) is 7.27. The first-order valence-corrected chi connectivity index (χ1v) is 12.3. The Morgan fingerprint density at radius 2 is 1.21 bits per heavy atom. The molecule has 3 heteroatoms. The molecular weight excluding hydrogens is 411 g/mol. The highest BCUT2D eigenvalue weighted by molar-refractivity contribution is 6.97. The smallest absolute Gasteiger partial charge is 0.251 e. The first-order valence-electron chi connectivity index (χ1n) is 12.3. The molecule has 2 aliphatic heterocycles. The van der Waals surface area contributed by atoms with E-state index in [0.29, 0.717) is 5.92 Å². The van der Waals surface area contributed by atoms with Gasteiger partial charge in [0.15, 0.2) is 0 Å². The van der Waals surface area contributed by atoms with Gasteiger partial charge in [-0.15, -0.1) is 0 Å². The van der Waals surface area contributed by atoms with Crippen LogP contribution in [-0.4, -0.2) is 15.8 Å². The second-order valence-electron chi connectivity index (χ2n) is 10.2. The standard InChI is InChI=1S/C31H21BN2/c1-18-16-27-29-28(17-18)34-26-15-5-3-9-20(26)22-11-7-13-24(31(22)34)32(29)23-12-6-10-21-19-8-2-4-14-25(19)33(27)30(21)23/h2-16,18H,17H2,1H3. The van der Waals surface area contributed by atoms with E-state index in [1.165, 1.54) is 71.4 Å². The number of nitrogens with zero attached hydrogens (tertiary/aromatic N) is 2. The lowest BCUT2D eigenvalue weighted by atomic mass is 9.33. The van der Waals surface area contributed by atoms with Crippen molar-refractivity contribution in [1.82, 2.24) is 9.13 Å². The molecule has 4 heterocycles. The number of fused-ring (bicyclic) bond motifs is 10.